The van der Waals surface area contributed by atoms with Crippen molar-refractivity contribution >= 4 is 36.5 Å². The minimum absolute atomic E-state index is 0. The highest BCUT2D eigenvalue weighted by molar-refractivity contribution is 6.05. The molecule has 0 aromatic carbocycles. The van der Waals surface area contributed by atoms with Crippen molar-refractivity contribution in [1.29, 1.82) is 0 Å². The third-order valence-electron chi connectivity index (χ3n) is 4.44. The number of hydrogen-bond acceptors (Lipinski definition) is 6. The van der Waals surface area contributed by atoms with E-state index >= 15 is 0 Å². The van der Waals surface area contributed by atoms with Gasteiger partial charge < -0.3 is 19.8 Å². The average Bonchev–Trinajstić information content (AvgIpc) is 2.63. The second-order valence-corrected chi connectivity index (χ2v) is 6.26. The van der Waals surface area contributed by atoms with Crippen LogP contribution in [-0.2, 0) is 0 Å². The number of nitrogens with one attached hydrogen (secondary N) is 2. The Bertz CT molecular complexity index is 851. The average molecular weight is 430 g/mol. The quantitative estimate of drug-likeness (QED) is 0.756. The van der Waals surface area contributed by atoms with Gasteiger partial charge in [0.05, 0.1) is 6.61 Å². The van der Waals surface area contributed by atoms with Gasteiger partial charge >= 0.3 is 5.63 Å². The van der Waals surface area contributed by atoms with E-state index in [-0.39, 0.29) is 42.1 Å². The fourth-order valence-electron chi connectivity index (χ4n) is 3.14. The van der Waals surface area contributed by atoms with Gasteiger partial charge in [0, 0.05) is 12.1 Å². The van der Waals surface area contributed by atoms with Gasteiger partial charge in [-0.3, -0.25) is 4.79 Å². The third kappa shape index (κ3) is 5.47. The molecule has 0 aliphatic carbocycles. The van der Waals surface area contributed by atoms with Gasteiger partial charge in [0.15, 0.2) is 11.6 Å². The number of piperidine rings is 1. The number of aromatic nitrogens is 1. The highest BCUT2D eigenvalue weighted by Crippen LogP contribution is 2.26. The molecule has 0 bridgehead atoms. The molecule has 1 fully saturated rings. The van der Waals surface area contributed by atoms with Crippen LogP contribution in [0.1, 0.15) is 47.4 Å². The van der Waals surface area contributed by atoms with E-state index in [0.29, 0.717) is 23.7 Å². The molecule has 0 saturated carbocycles. The summed E-state index contributed by atoms with van der Waals surface area (Å²) in [5.41, 5.74) is -0.0260. The van der Waals surface area contributed by atoms with Crippen LogP contribution in [0, 0.1) is 6.92 Å². The zero-order valence-corrected chi connectivity index (χ0v) is 17.5. The highest BCUT2D eigenvalue weighted by atomic mass is 35.5. The molecule has 1 aliphatic heterocycles. The lowest BCUT2D eigenvalue weighted by atomic mass is 9.94. The molecule has 2 N–H and O–H groups in total. The summed E-state index contributed by atoms with van der Waals surface area (Å²) in [6.07, 6.45) is 3.38. The molecule has 28 heavy (non-hydrogen) atoms. The normalized spacial score (nSPS) is 13.8. The van der Waals surface area contributed by atoms with Gasteiger partial charge in [0.1, 0.15) is 11.3 Å². The third-order valence-corrected chi connectivity index (χ3v) is 4.44. The van der Waals surface area contributed by atoms with Gasteiger partial charge in [-0.1, -0.05) is 0 Å². The number of amides is 1. The van der Waals surface area contributed by atoms with Crippen LogP contribution in [0.25, 0.3) is 0 Å². The molecule has 0 atom stereocenters. The molecule has 1 saturated heterocycles. The molecule has 1 aliphatic rings. The first kappa shape index (κ1) is 23.9. The molecule has 0 unspecified atom stereocenters. The minimum Gasteiger partial charge on any atom is -0.490 e. The van der Waals surface area contributed by atoms with Gasteiger partial charge in [0.25, 0.3) is 5.91 Å². The van der Waals surface area contributed by atoms with Crippen LogP contribution < -0.4 is 21.0 Å². The number of rotatable bonds is 5. The van der Waals surface area contributed by atoms with Crippen LogP contribution >= 0.6 is 24.8 Å². The summed E-state index contributed by atoms with van der Waals surface area (Å²) in [5.74, 6) is 1.04. The Hall–Kier alpha value is -2.09. The molecule has 3 rings (SSSR count). The van der Waals surface area contributed by atoms with E-state index in [0.717, 1.165) is 25.9 Å². The van der Waals surface area contributed by atoms with Crippen molar-refractivity contribution in [2.24, 2.45) is 0 Å². The summed E-state index contributed by atoms with van der Waals surface area (Å²) in [6, 6.07) is 5.23. The highest BCUT2D eigenvalue weighted by Gasteiger charge is 2.23. The fourth-order valence-corrected chi connectivity index (χ4v) is 3.14. The first-order valence-corrected chi connectivity index (χ1v) is 8.84. The lowest BCUT2D eigenvalue weighted by molar-refractivity contribution is 0.102. The standard InChI is InChI=1S/C19H23N3O4.2ClH/c1-3-25-14-5-4-8-21-17(14)22-18(23)16-12(2)11-15(26-19(16)24)13-6-9-20-10-7-13;;/h4-5,8,11,13,20H,3,6-7,9-10H2,1-2H3,(H,21,22,23);2*1H. The minimum atomic E-state index is -0.620. The van der Waals surface area contributed by atoms with Crippen LogP contribution in [0.15, 0.2) is 33.6 Å². The zero-order valence-electron chi connectivity index (χ0n) is 15.8. The molecule has 2 aromatic rings. The van der Waals surface area contributed by atoms with Crippen LogP contribution in [0.2, 0.25) is 0 Å². The topological polar surface area (TPSA) is 93.5 Å². The van der Waals surface area contributed by atoms with Crippen LogP contribution in [0.3, 0.4) is 0 Å². The van der Waals surface area contributed by atoms with Crippen LogP contribution in [0.5, 0.6) is 5.75 Å². The predicted octanol–water partition coefficient (Wildman–Crippen LogP) is 3.30. The zero-order chi connectivity index (χ0) is 18.5. The molecular weight excluding hydrogens is 405 g/mol. The molecule has 1 amide bonds. The summed E-state index contributed by atoms with van der Waals surface area (Å²) >= 11 is 0. The summed E-state index contributed by atoms with van der Waals surface area (Å²) in [4.78, 5) is 29.2. The molecule has 154 valence electrons. The fraction of sp³-hybridized carbons (Fsp3) is 0.421. The van der Waals surface area contributed by atoms with Crippen LogP contribution in [0.4, 0.5) is 5.82 Å². The van der Waals surface area contributed by atoms with Crippen molar-refractivity contribution in [1.82, 2.24) is 10.3 Å². The molecular formula is C19H25Cl2N3O4. The Labute approximate surface area is 176 Å². The van der Waals surface area contributed by atoms with Crippen molar-refractivity contribution in [3.8, 4) is 5.75 Å². The predicted molar refractivity (Wildman–Crippen MR) is 112 cm³/mol. The Balaban J connectivity index is 0.00000196. The molecule has 7 nitrogen and oxygen atoms in total. The summed E-state index contributed by atoms with van der Waals surface area (Å²) in [7, 11) is 0. The smallest absolute Gasteiger partial charge is 0.349 e. The monoisotopic (exact) mass is 429 g/mol. The first-order valence-electron chi connectivity index (χ1n) is 8.84. The Morgan fingerprint density at radius 3 is 2.71 bits per heavy atom. The lowest BCUT2D eigenvalue weighted by Crippen LogP contribution is -2.28. The SMILES string of the molecule is CCOc1cccnc1NC(=O)c1c(C)cc(C2CCNCC2)oc1=O.Cl.Cl. The second-order valence-electron chi connectivity index (χ2n) is 6.26. The molecule has 0 spiro atoms. The van der Waals surface area contributed by atoms with E-state index in [1.54, 1.807) is 31.3 Å². The number of pyridine rings is 1. The van der Waals surface area contributed by atoms with E-state index in [4.69, 9.17) is 9.15 Å². The maximum atomic E-state index is 12.6. The second kappa shape index (κ2) is 11.0. The maximum Gasteiger partial charge on any atom is 0.349 e. The molecule has 0 radical (unpaired) electrons. The number of aryl methyl sites for hydroxylation is 1. The van der Waals surface area contributed by atoms with Gasteiger partial charge in [0.2, 0.25) is 0 Å². The van der Waals surface area contributed by atoms with E-state index in [2.05, 4.69) is 15.6 Å². The summed E-state index contributed by atoms with van der Waals surface area (Å²) < 4.78 is 10.9. The van der Waals surface area contributed by atoms with Crippen molar-refractivity contribution in [3.63, 3.8) is 0 Å². The number of halogens is 2. The number of hydrogen-bond donors (Lipinski definition) is 2. The Morgan fingerprint density at radius 2 is 2.07 bits per heavy atom. The van der Waals surface area contributed by atoms with E-state index in [9.17, 15) is 9.59 Å². The van der Waals surface area contributed by atoms with Crippen LogP contribution in [-0.4, -0.2) is 30.6 Å². The molecule has 2 aromatic heterocycles. The van der Waals surface area contributed by atoms with Crippen molar-refractivity contribution in [3.05, 3.63) is 51.7 Å². The van der Waals surface area contributed by atoms with E-state index < -0.39 is 11.5 Å². The van der Waals surface area contributed by atoms with Gasteiger partial charge in [-0.15, -0.1) is 24.8 Å². The van der Waals surface area contributed by atoms with E-state index in [1.165, 1.54) is 0 Å². The summed E-state index contributed by atoms with van der Waals surface area (Å²) in [6.45, 7) is 5.83. The molecule has 3 heterocycles. The summed E-state index contributed by atoms with van der Waals surface area (Å²) in [5, 5.41) is 5.93. The Kier molecular flexibility index (Phi) is 9.45. The van der Waals surface area contributed by atoms with Gasteiger partial charge in [-0.25, -0.2) is 9.78 Å². The number of carbonyl (C=O) groups excluding carboxylic acids is 1. The molecule has 9 heteroatoms. The van der Waals surface area contributed by atoms with Gasteiger partial charge in [-0.05, 0) is 63.5 Å². The Morgan fingerprint density at radius 1 is 1.36 bits per heavy atom. The largest absolute Gasteiger partial charge is 0.490 e. The number of carbonyl (C=O) groups is 1. The van der Waals surface area contributed by atoms with Crippen molar-refractivity contribution < 1.29 is 13.9 Å². The maximum absolute atomic E-state index is 12.6. The van der Waals surface area contributed by atoms with Crippen molar-refractivity contribution in [2.45, 2.75) is 32.6 Å². The number of ether oxygens (including phenoxy) is 1. The number of anilines is 1. The van der Waals surface area contributed by atoms with E-state index in [1.807, 2.05) is 6.92 Å². The van der Waals surface area contributed by atoms with Crippen molar-refractivity contribution in [2.75, 3.05) is 25.0 Å². The lowest BCUT2D eigenvalue weighted by Gasteiger charge is -2.22. The van der Waals surface area contributed by atoms with Gasteiger partial charge in [-0.2, -0.15) is 0 Å². The first-order chi connectivity index (χ1) is 12.6. The number of nitrogens with zero attached hydrogens (tertiary/aromatic N) is 1.